The number of hydrogen-bond acceptors (Lipinski definition) is 3. The molecule has 6 rings (SSSR count). The van der Waals surface area contributed by atoms with Crippen molar-refractivity contribution >= 4 is 5.91 Å². The zero-order valence-corrected chi connectivity index (χ0v) is 18.1. The van der Waals surface area contributed by atoms with Gasteiger partial charge in [0.05, 0.1) is 23.1 Å². The lowest BCUT2D eigenvalue weighted by molar-refractivity contribution is -0.143. The number of benzene rings is 1. The van der Waals surface area contributed by atoms with Gasteiger partial charge in [-0.05, 0) is 67.3 Å². The average Bonchev–Trinajstić information content (AvgIpc) is 3.41. The molecule has 2 aromatic rings. The summed E-state index contributed by atoms with van der Waals surface area (Å²) >= 11 is 0. The summed E-state index contributed by atoms with van der Waals surface area (Å²) in [7, 11) is 0. The molecule has 4 nitrogen and oxygen atoms in total. The molecule has 160 valence electrons. The lowest BCUT2D eigenvalue weighted by atomic mass is 9.68. The number of nitriles is 1. The van der Waals surface area contributed by atoms with E-state index in [9.17, 15) is 9.18 Å². The SMILES string of the molecule is C[C@H]1CN(C(=O)C23CCC(F)(CC2)C3)[C@@H]2c3cncc(C#Cc4cccc(C#N)c4)c3C21. The van der Waals surface area contributed by atoms with Gasteiger partial charge in [0.15, 0.2) is 0 Å². The Morgan fingerprint density at radius 3 is 2.69 bits per heavy atom. The number of fused-ring (bicyclic) bond motifs is 6. The minimum absolute atomic E-state index is 0.0354. The zero-order chi connectivity index (χ0) is 22.1. The molecule has 0 N–H and O–H groups in total. The van der Waals surface area contributed by atoms with Crippen LogP contribution >= 0.6 is 0 Å². The fourth-order valence-electron chi connectivity index (χ4n) is 6.69. The van der Waals surface area contributed by atoms with Crippen molar-refractivity contribution in [2.45, 2.75) is 56.7 Å². The van der Waals surface area contributed by atoms with Crippen LogP contribution in [-0.4, -0.2) is 28.0 Å². The molecule has 1 aliphatic heterocycles. The van der Waals surface area contributed by atoms with E-state index in [2.05, 4.69) is 29.8 Å². The van der Waals surface area contributed by atoms with Gasteiger partial charge in [0.2, 0.25) is 5.91 Å². The first-order valence-electron chi connectivity index (χ1n) is 11.4. The Morgan fingerprint density at radius 1 is 1.19 bits per heavy atom. The summed E-state index contributed by atoms with van der Waals surface area (Å²) in [6, 6.07) is 9.45. The summed E-state index contributed by atoms with van der Waals surface area (Å²) in [5, 5.41) is 9.11. The van der Waals surface area contributed by atoms with E-state index < -0.39 is 11.1 Å². The van der Waals surface area contributed by atoms with Crippen molar-refractivity contribution in [3.8, 4) is 17.9 Å². The molecule has 1 aromatic heterocycles. The highest BCUT2D eigenvalue weighted by atomic mass is 19.1. The molecule has 0 spiro atoms. The normalized spacial score (nSPS) is 33.5. The van der Waals surface area contributed by atoms with E-state index in [4.69, 9.17) is 5.26 Å². The number of halogens is 1. The van der Waals surface area contributed by atoms with Crippen molar-refractivity contribution in [3.63, 3.8) is 0 Å². The van der Waals surface area contributed by atoms with E-state index in [1.807, 2.05) is 23.2 Å². The third-order valence-electron chi connectivity index (χ3n) is 8.25. The Balaban J connectivity index is 1.32. The van der Waals surface area contributed by atoms with E-state index in [1.54, 1.807) is 18.3 Å². The van der Waals surface area contributed by atoms with E-state index in [-0.39, 0.29) is 17.9 Å². The van der Waals surface area contributed by atoms with Crippen LogP contribution in [0.1, 0.15) is 78.8 Å². The van der Waals surface area contributed by atoms with Crippen LogP contribution in [-0.2, 0) is 4.79 Å². The predicted molar refractivity (Wildman–Crippen MR) is 117 cm³/mol. The molecule has 4 aliphatic rings. The number of likely N-dealkylation sites (tertiary alicyclic amines) is 1. The van der Waals surface area contributed by atoms with Crippen molar-refractivity contribution in [2.75, 3.05) is 6.54 Å². The number of amides is 1. The number of rotatable bonds is 1. The highest BCUT2D eigenvalue weighted by molar-refractivity contribution is 5.85. The van der Waals surface area contributed by atoms with Crippen LogP contribution in [0.25, 0.3) is 0 Å². The maximum atomic E-state index is 14.8. The van der Waals surface area contributed by atoms with Gasteiger partial charge in [-0.15, -0.1) is 0 Å². The fraction of sp³-hybridized carbons (Fsp3) is 0.444. The molecule has 3 aliphatic carbocycles. The van der Waals surface area contributed by atoms with Gasteiger partial charge < -0.3 is 4.90 Å². The van der Waals surface area contributed by atoms with E-state index in [1.165, 1.54) is 5.56 Å². The lowest BCUT2D eigenvalue weighted by Gasteiger charge is -2.42. The van der Waals surface area contributed by atoms with Crippen LogP contribution in [0, 0.1) is 34.5 Å². The second-order valence-corrected chi connectivity index (χ2v) is 10.1. The third-order valence-corrected chi connectivity index (χ3v) is 8.25. The molecular formula is C27H24FN3O. The Bertz CT molecular complexity index is 1240. The Labute approximate surface area is 187 Å². The van der Waals surface area contributed by atoms with Gasteiger partial charge in [-0.2, -0.15) is 5.26 Å². The highest BCUT2D eigenvalue weighted by Gasteiger charge is 2.62. The smallest absolute Gasteiger partial charge is 0.229 e. The second kappa shape index (κ2) is 6.66. The second-order valence-electron chi connectivity index (χ2n) is 10.1. The minimum atomic E-state index is -1.12. The molecule has 3 fully saturated rings. The molecule has 1 amide bonds. The van der Waals surface area contributed by atoms with Crippen LogP contribution in [0.15, 0.2) is 36.7 Å². The molecule has 2 bridgehead atoms. The van der Waals surface area contributed by atoms with Crippen molar-refractivity contribution < 1.29 is 9.18 Å². The van der Waals surface area contributed by atoms with E-state index >= 15 is 0 Å². The van der Waals surface area contributed by atoms with Gasteiger partial charge in [0, 0.05) is 36.0 Å². The van der Waals surface area contributed by atoms with Crippen molar-refractivity contribution in [1.82, 2.24) is 9.88 Å². The van der Waals surface area contributed by atoms with Gasteiger partial charge in [0.1, 0.15) is 5.67 Å². The molecular weight excluding hydrogens is 401 g/mol. The van der Waals surface area contributed by atoms with Crippen LogP contribution < -0.4 is 0 Å². The molecule has 2 heterocycles. The maximum Gasteiger partial charge on any atom is 0.229 e. The van der Waals surface area contributed by atoms with Crippen LogP contribution in [0.4, 0.5) is 4.39 Å². The molecule has 0 radical (unpaired) electrons. The predicted octanol–water partition coefficient (Wildman–Crippen LogP) is 4.64. The number of pyridine rings is 1. The Kier molecular flexibility index (Phi) is 4.06. The van der Waals surface area contributed by atoms with E-state index in [0.29, 0.717) is 50.1 Å². The first-order valence-corrected chi connectivity index (χ1v) is 11.4. The van der Waals surface area contributed by atoms with Crippen LogP contribution in [0.2, 0.25) is 0 Å². The van der Waals surface area contributed by atoms with Crippen molar-refractivity contribution in [1.29, 1.82) is 5.26 Å². The van der Waals surface area contributed by atoms with Gasteiger partial charge in [-0.25, -0.2) is 4.39 Å². The number of carbonyl (C=O) groups excluding carboxylic acids is 1. The Hall–Kier alpha value is -3.18. The maximum absolute atomic E-state index is 14.8. The molecule has 1 unspecified atom stereocenters. The average molecular weight is 426 g/mol. The summed E-state index contributed by atoms with van der Waals surface area (Å²) in [6.07, 6.45) is 6.50. The number of nitrogens with zero attached hydrogens (tertiary/aromatic N) is 3. The number of aromatic nitrogens is 1. The fourth-order valence-corrected chi connectivity index (χ4v) is 6.69. The minimum Gasteiger partial charge on any atom is -0.334 e. The summed E-state index contributed by atoms with van der Waals surface area (Å²) < 4.78 is 14.8. The van der Waals surface area contributed by atoms with E-state index in [0.717, 1.165) is 16.7 Å². The molecule has 32 heavy (non-hydrogen) atoms. The number of hydrogen-bond donors (Lipinski definition) is 0. The monoisotopic (exact) mass is 425 g/mol. The molecule has 5 heteroatoms. The topological polar surface area (TPSA) is 57.0 Å². The van der Waals surface area contributed by atoms with Crippen LogP contribution in [0.5, 0.6) is 0 Å². The summed E-state index contributed by atoms with van der Waals surface area (Å²) in [4.78, 5) is 20.1. The summed E-state index contributed by atoms with van der Waals surface area (Å²) in [6.45, 7) is 2.91. The lowest BCUT2D eigenvalue weighted by Crippen LogP contribution is -2.44. The van der Waals surface area contributed by atoms with Crippen molar-refractivity contribution in [2.24, 2.45) is 11.3 Å². The largest absolute Gasteiger partial charge is 0.334 e. The van der Waals surface area contributed by atoms with Gasteiger partial charge >= 0.3 is 0 Å². The van der Waals surface area contributed by atoms with Gasteiger partial charge in [-0.3, -0.25) is 9.78 Å². The molecule has 3 atom stereocenters. The van der Waals surface area contributed by atoms with Crippen LogP contribution in [0.3, 0.4) is 0 Å². The first kappa shape index (κ1) is 19.5. The van der Waals surface area contributed by atoms with Crippen molar-refractivity contribution in [3.05, 3.63) is 64.5 Å². The quantitative estimate of drug-likeness (QED) is 0.626. The highest BCUT2D eigenvalue weighted by Crippen LogP contribution is 2.63. The van der Waals surface area contributed by atoms with Gasteiger partial charge in [-0.1, -0.05) is 24.8 Å². The number of alkyl halides is 1. The Morgan fingerprint density at radius 2 is 1.97 bits per heavy atom. The summed E-state index contributed by atoms with van der Waals surface area (Å²) in [5.41, 5.74) is 2.96. The zero-order valence-electron chi connectivity index (χ0n) is 18.1. The first-order chi connectivity index (χ1) is 15.4. The standard InChI is InChI=1S/C27H24FN3O/c1-17-15-31(25(32)26-7-9-27(28,16-26)10-8-26)24-21-14-30-13-20(23(21)22(17)24)6-5-18-3-2-4-19(11-18)12-29/h2-4,11,13-14,17,22,24H,7-10,15-16H2,1H3/t17-,22?,24+,26?,27?/m0/s1. The number of carbonyl (C=O) groups is 1. The molecule has 1 saturated heterocycles. The summed E-state index contributed by atoms with van der Waals surface area (Å²) in [5.74, 6) is 7.17. The molecule has 2 saturated carbocycles. The molecule has 1 aromatic carbocycles. The third kappa shape index (κ3) is 2.67. The van der Waals surface area contributed by atoms with Gasteiger partial charge in [0.25, 0.3) is 0 Å².